The predicted octanol–water partition coefficient (Wildman–Crippen LogP) is 2.85. The number of hydrogen-bond acceptors (Lipinski definition) is 10. The number of benzene rings is 2. The number of ether oxygens (including phenoxy) is 4. The summed E-state index contributed by atoms with van der Waals surface area (Å²) in [5, 5.41) is 16.7. The van der Waals surface area contributed by atoms with Gasteiger partial charge < -0.3 is 34.4 Å². The number of imidazole rings is 1. The number of methoxy groups -OCH3 is 1. The number of hydrogen-bond donors (Lipinski definition) is 4. The molecule has 0 unspecified atom stereocenters. The molecule has 2 amide bonds. The van der Waals surface area contributed by atoms with Crippen molar-refractivity contribution in [2.75, 3.05) is 38.7 Å². The zero-order valence-electron chi connectivity index (χ0n) is 25.3. The molecule has 3 heterocycles. The molecule has 2 aromatic carbocycles. The van der Waals surface area contributed by atoms with Crippen LogP contribution in [0.3, 0.4) is 0 Å². The van der Waals surface area contributed by atoms with Gasteiger partial charge in [-0.15, -0.1) is 0 Å². The minimum absolute atomic E-state index is 0.0299. The number of aromatic amines is 1. The van der Waals surface area contributed by atoms with Crippen LogP contribution in [0.25, 0.3) is 11.0 Å². The number of H-pyrrole nitrogens is 1. The number of aliphatic hydroxyl groups is 1. The Hall–Kier alpha value is -3.76. The van der Waals surface area contributed by atoms with E-state index < -0.39 is 40.5 Å². The number of amides is 2. The molecular weight excluding hydrogens is 606 g/mol. The van der Waals surface area contributed by atoms with E-state index in [2.05, 4.69) is 25.3 Å². The van der Waals surface area contributed by atoms with Crippen molar-refractivity contribution in [3.63, 3.8) is 0 Å². The first-order valence-electron chi connectivity index (χ1n) is 14.8. The Morgan fingerprint density at radius 2 is 1.91 bits per heavy atom. The lowest BCUT2D eigenvalue weighted by molar-refractivity contribution is -0.0907. The first kappa shape index (κ1) is 32.6. The molecule has 5 rings (SSSR count). The van der Waals surface area contributed by atoms with E-state index in [9.17, 15) is 23.1 Å². The van der Waals surface area contributed by atoms with Gasteiger partial charge in [-0.1, -0.05) is 44.2 Å². The second-order valence-corrected chi connectivity index (χ2v) is 13.5. The van der Waals surface area contributed by atoms with Crippen molar-refractivity contribution in [2.45, 2.75) is 56.1 Å². The molecule has 0 spiro atoms. The van der Waals surface area contributed by atoms with Crippen LogP contribution < -0.4 is 10.6 Å². The van der Waals surface area contributed by atoms with Crippen LogP contribution in [-0.4, -0.2) is 97.9 Å². The molecule has 0 radical (unpaired) electrons. The Morgan fingerprint density at radius 1 is 1.13 bits per heavy atom. The second-order valence-electron chi connectivity index (χ2n) is 11.6. The van der Waals surface area contributed by atoms with E-state index in [1.165, 1.54) is 29.6 Å². The van der Waals surface area contributed by atoms with Gasteiger partial charge in [0.1, 0.15) is 6.10 Å². The molecule has 0 saturated carbocycles. The van der Waals surface area contributed by atoms with Crippen molar-refractivity contribution in [1.29, 1.82) is 0 Å². The maximum Gasteiger partial charge on any atom is 0.413 e. The molecule has 4 N–H and O–H groups in total. The summed E-state index contributed by atoms with van der Waals surface area (Å²) < 4.78 is 50.5. The highest BCUT2D eigenvalue weighted by Crippen LogP contribution is 2.33. The third-order valence-corrected chi connectivity index (χ3v) is 9.59. The summed E-state index contributed by atoms with van der Waals surface area (Å²) in [7, 11) is -2.91. The van der Waals surface area contributed by atoms with Crippen molar-refractivity contribution in [2.24, 2.45) is 11.8 Å². The Bertz CT molecular complexity index is 1580. The normalized spacial score (nSPS) is 21.1. The molecule has 5 atom stereocenters. The molecule has 1 aromatic heterocycles. The van der Waals surface area contributed by atoms with Gasteiger partial charge in [-0.25, -0.2) is 23.0 Å². The number of anilines is 1. The molecular formula is C30H39N5O9S. The third kappa shape index (κ3) is 7.91. The lowest BCUT2D eigenvalue weighted by Gasteiger charge is -2.31. The lowest BCUT2D eigenvalue weighted by Crippen LogP contribution is -2.51. The molecule has 2 fully saturated rings. The Morgan fingerprint density at radius 3 is 2.64 bits per heavy atom. The smallest absolute Gasteiger partial charge is 0.413 e. The van der Waals surface area contributed by atoms with Crippen molar-refractivity contribution in [3.8, 4) is 0 Å². The first-order valence-corrected chi connectivity index (χ1v) is 16.2. The SMILES string of the molecule is COC(=O)Nc1nc2ccc(S(=O)(=O)N(CC(C)C)C[C@@H](O)[C@H](Cc3ccccc3)NC(=O)O[C@H]3CO[C@H]4OCC[C@H]43)cc2[nH]1. The highest BCUT2D eigenvalue weighted by atomic mass is 32.2. The van der Waals surface area contributed by atoms with Gasteiger partial charge in [-0.2, -0.15) is 4.31 Å². The number of carbonyl (C=O) groups is 2. The molecule has 3 aromatic rings. The van der Waals surface area contributed by atoms with Crippen LogP contribution in [0.5, 0.6) is 0 Å². The number of sulfonamides is 1. The maximum atomic E-state index is 14.0. The number of aliphatic hydroxyl groups excluding tert-OH is 1. The fourth-order valence-electron chi connectivity index (χ4n) is 5.54. The molecule has 0 bridgehead atoms. The molecule has 15 heteroatoms. The molecule has 14 nitrogen and oxygen atoms in total. The molecule has 45 heavy (non-hydrogen) atoms. The van der Waals surface area contributed by atoms with E-state index in [1.54, 1.807) is 0 Å². The topological polar surface area (TPSA) is 181 Å². The van der Waals surface area contributed by atoms with Gasteiger partial charge in [-0.3, -0.25) is 5.32 Å². The van der Waals surface area contributed by atoms with Gasteiger partial charge in [0.15, 0.2) is 6.29 Å². The van der Waals surface area contributed by atoms with Crippen LogP contribution in [0, 0.1) is 11.8 Å². The van der Waals surface area contributed by atoms with Crippen molar-refractivity contribution in [1.82, 2.24) is 19.6 Å². The number of nitrogens with one attached hydrogen (secondary N) is 3. The van der Waals surface area contributed by atoms with Gasteiger partial charge in [0, 0.05) is 13.1 Å². The largest absolute Gasteiger partial charge is 0.453 e. The maximum absolute atomic E-state index is 14.0. The minimum atomic E-state index is -4.13. The van der Waals surface area contributed by atoms with Crippen LogP contribution in [0.1, 0.15) is 25.8 Å². The fourth-order valence-corrected chi connectivity index (χ4v) is 7.19. The summed E-state index contributed by atoms with van der Waals surface area (Å²) in [6, 6.07) is 12.8. The van der Waals surface area contributed by atoms with Crippen LogP contribution in [0.15, 0.2) is 53.4 Å². The van der Waals surface area contributed by atoms with Gasteiger partial charge in [0.25, 0.3) is 0 Å². The number of rotatable bonds is 12. The van der Waals surface area contributed by atoms with E-state index in [0.717, 1.165) is 5.56 Å². The average Bonchev–Trinajstić information content (AvgIpc) is 3.73. The molecule has 2 saturated heterocycles. The summed E-state index contributed by atoms with van der Waals surface area (Å²) in [5.74, 6) is -0.0321. The van der Waals surface area contributed by atoms with Gasteiger partial charge in [-0.05, 0) is 42.5 Å². The van der Waals surface area contributed by atoms with Crippen LogP contribution >= 0.6 is 0 Å². The van der Waals surface area contributed by atoms with E-state index in [-0.39, 0.29) is 55.1 Å². The lowest BCUT2D eigenvalue weighted by atomic mass is 10.0. The second kappa shape index (κ2) is 14.1. The fraction of sp³-hybridized carbons (Fsp3) is 0.500. The van der Waals surface area contributed by atoms with Gasteiger partial charge >= 0.3 is 12.2 Å². The average molecular weight is 646 g/mol. The number of aromatic nitrogens is 2. The zero-order valence-corrected chi connectivity index (χ0v) is 26.2. The standard InChI is InChI=1S/C30H39N5O9S/c1-18(2)15-35(45(39,40)20-9-10-22-23(14-20)32-28(31-22)34-29(37)41-3)16-25(36)24(13-19-7-5-4-6-8-19)33-30(38)44-26-17-43-27-21(26)11-12-42-27/h4-10,14,18,21,24-27,36H,11-13,15-17H2,1-3H3,(H,33,38)(H2,31,32,34,37)/t21-,24-,25+,26-,27+/m0/s1. The van der Waals surface area contributed by atoms with E-state index in [4.69, 9.17) is 14.2 Å². The first-order chi connectivity index (χ1) is 21.5. The van der Waals surface area contributed by atoms with Crippen LogP contribution in [0.2, 0.25) is 0 Å². The number of fused-ring (bicyclic) bond motifs is 2. The highest BCUT2D eigenvalue weighted by molar-refractivity contribution is 7.89. The van der Waals surface area contributed by atoms with Crippen LogP contribution in [0.4, 0.5) is 15.5 Å². The number of nitrogens with zero attached hydrogens (tertiary/aromatic N) is 2. The Balaban J connectivity index is 1.35. The van der Waals surface area contributed by atoms with Gasteiger partial charge in [0.05, 0.1) is 54.3 Å². The Kier molecular flexibility index (Phi) is 10.2. The predicted molar refractivity (Wildman–Crippen MR) is 163 cm³/mol. The van der Waals surface area contributed by atoms with Gasteiger partial charge in [0.2, 0.25) is 16.0 Å². The third-order valence-electron chi connectivity index (χ3n) is 7.77. The number of carbonyl (C=O) groups excluding carboxylic acids is 2. The van der Waals surface area contributed by atoms with Crippen molar-refractivity contribution < 1.29 is 42.1 Å². The zero-order chi connectivity index (χ0) is 32.1. The Labute approximate surface area is 261 Å². The molecule has 2 aliphatic heterocycles. The van der Waals surface area contributed by atoms with Crippen molar-refractivity contribution in [3.05, 3.63) is 54.1 Å². The minimum Gasteiger partial charge on any atom is -0.453 e. The molecule has 0 aliphatic carbocycles. The monoisotopic (exact) mass is 645 g/mol. The van der Waals surface area contributed by atoms with E-state index >= 15 is 0 Å². The number of alkyl carbamates (subject to hydrolysis) is 1. The quantitative estimate of drug-likeness (QED) is 0.229. The summed E-state index contributed by atoms with van der Waals surface area (Å²) in [5.41, 5.74) is 1.66. The highest BCUT2D eigenvalue weighted by Gasteiger charge is 2.44. The van der Waals surface area contributed by atoms with E-state index in [1.807, 2.05) is 44.2 Å². The van der Waals surface area contributed by atoms with Crippen LogP contribution in [-0.2, 0) is 35.4 Å². The van der Waals surface area contributed by atoms with Crippen molar-refractivity contribution >= 4 is 39.2 Å². The molecule has 2 aliphatic rings. The summed E-state index contributed by atoms with van der Waals surface area (Å²) in [4.78, 5) is 31.7. The summed E-state index contributed by atoms with van der Waals surface area (Å²) in [6.07, 6.45) is -2.66. The summed E-state index contributed by atoms with van der Waals surface area (Å²) >= 11 is 0. The van der Waals surface area contributed by atoms with E-state index in [0.29, 0.717) is 24.1 Å². The molecule has 244 valence electrons. The summed E-state index contributed by atoms with van der Waals surface area (Å²) in [6.45, 7) is 4.32.